The van der Waals surface area contributed by atoms with Crippen LogP contribution in [0.15, 0.2) is 53.6 Å². The molecule has 4 nitrogen and oxygen atoms in total. The van der Waals surface area contributed by atoms with Crippen LogP contribution in [-0.4, -0.2) is 15.8 Å². The van der Waals surface area contributed by atoms with Crippen LogP contribution in [0.3, 0.4) is 0 Å². The number of halogens is 3. The Balaban J connectivity index is 1.86. The molecule has 0 bridgehead atoms. The minimum Gasteiger partial charge on any atom is -0.312 e. The third kappa shape index (κ3) is 3.03. The molecule has 23 heavy (non-hydrogen) atoms. The highest BCUT2D eigenvalue weighted by atomic mass is 19.4. The molecule has 1 heterocycles. The normalized spacial score (nSPS) is 12.2. The first kappa shape index (κ1) is 15.1. The molecule has 0 unspecified atom stereocenters. The second kappa shape index (κ2) is 5.75. The molecule has 2 aromatic carbocycles. The number of para-hydroxylation sites is 2. The van der Waals surface area contributed by atoms with Crippen molar-refractivity contribution in [2.45, 2.75) is 6.18 Å². The number of hydrogen-bond donors (Lipinski definition) is 1. The Labute approximate surface area is 130 Å². The molecule has 0 aliphatic rings. The van der Waals surface area contributed by atoms with Crippen LogP contribution < -0.4 is 5.43 Å². The van der Waals surface area contributed by atoms with Crippen molar-refractivity contribution < 1.29 is 13.2 Å². The van der Waals surface area contributed by atoms with Crippen LogP contribution in [0.1, 0.15) is 11.1 Å². The van der Waals surface area contributed by atoms with Gasteiger partial charge in [-0.05, 0) is 18.2 Å². The molecule has 118 valence electrons. The van der Waals surface area contributed by atoms with E-state index in [0.717, 1.165) is 23.3 Å². The quantitative estimate of drug-likeness (QED) is 0.585. The summed E-state index contributed by atoms with van der Waals surface area (Å²) in [6.07, 6.45) is -3.28. The van der Waals surface area contributed by atoms with Gasteiger partial charge in [-0.15, -0.1) is 0 Å². The number of aromatic nitrogens is 2. The lowest BCUT2D eigenvalue weighted by molar-refractivity contribution is -0.137. The van der Waals surface area contributed by atoms with Gasteiger partial charge in [-0.2, -0.15) is 18.3 Å². The molecule has 0 amide bonds. The van der Waals surface area contributed by atoms with E-state index in [1.807, 2.05) is 24.3 Å². The smallest absolute Gasteiger partial charge is 0.312 e. The number of rotatable bonds is 3. The summed E-state index contributed by atoms with van der Waals surface area (Å²) >= 11 is 0. The van der Waals surface area contributed by atoms with Gasteiger partial charge in [0.15, 0.2) is 0 Å². The van der Waals surface area contributed by atoms with Crippen molar-refractivity contribution in [2.24, 2.45) is 12.1 Å². The standard InChI is InChI=1S/C16H13F3N4/c1-23-14-9-5-4-8-13(14)21-15(23)22-20-10-11-6-2-3-7-12(11)16(17,18)19/h2-10H,1H3,(H,21,22)/b20-10+. The Bertz CT molecular complexity index is 865. The number of benzene rings is 2. The highest BCUT2D eigenvalue weighted by Gasteiger charge is 2.32. The zero-order valence-electron chi connectivity index (χ0n) is 12.2. The highest BCUT2D eigenvalue weighted by molar-refractivity contribution is 5.83. The van der Waals surface area contributed by atoms with Crippen LogP contribution in [0, 0.1) is 0 Å². The number of nitrogens with one attached hydrogen (secondary N) is 1. The van der Waals surface area contributed by atoms with E-state index in [2.05, 4.69) is 15.5 Å². The zero-order chi connectivity index (χ0) is 16.4. The van der Waals surface area contributed by atoms with Crippen molar-refractivity contribution in [3.05, 3.63) is 59.7 Å². The highest BCUT2D eigenvalue weighted by Crippen LogP contribution is 2.31. The minimum absolute atomic E-state index is 0.00809. The van der Waals surface area contributed by atoms with E-state index in [1.165, 1.54) is 18.2 Å². The monoisotopic (exact) mass is 318 g/mol. The van der Waals surface area contributed by atoms with E-state index in [4.69, 9.17) is 0 Å². The minimum atomic E-state index is -4.42. The molecule has 0 spiro atoms. The van der Waals surface area contributed by atoms with Gasteiger partial charge in [0.05, 0.1) is 22.8 Å². The van der Waals surface area contributed by atoms with Crippen molar-refractivity contribution >= 4 is 23.2 Å². The summed E-state index contributed by atoms with van der Waals surface area (Å²) in [6, 6.07) is 12.8. The van der Waals surface area contributed by atoms with Gasteiger partial charge >= 0.3 is 6.18 Å². The molecule has 0 atom stereocenters. The van der Waals surface area contributed by atoms with Gasteiger partial charge in [0, 0.05) is 12.6 Å². The number of anilines is 1. The van der Waals surface area contributed by atoms with Gasteiger partial charge < -0.3 is 4.57 Å². The lowest BCUT2D eigenvalue weighted by Gasteiger charge is -2.09. The molecule has 0 aliphatic heterocycles. The van der Waals surface area contributed by atoms with Crippen LogP contribution in [-0.2, 0) is 13.2 Å². The average Bonchev–Trinajstić information content (AvgIpc) is 2.84. The van der Waals surface area contributed by atoms with E-state index in [9.17, 15) is 13.2 Å². The van der Waals surface area contributed by atoms with Gasteiger partial charge in [0.1, 0.15) is 0 Å². The first-order valence-corrected chi connectivity index (χ1v) is 6.83. The summed E-state index contributed by atoms with van der Waals surface area (Å²) < 4.78 is 40.5. The Hall–Kier alpha value is -2.83. The topological polar surface area (TPSA) is 42.2 Å². The van der Waals surface area contributed by atoms with Crippen molar-refractivity contribution in [1.82, 2.24) is 9.55 Å². The third-order valence-electron chi connectivity index (χ3n) is 3.42. The average molecular weight is 318 g/mol. The fourth-order valence-electron chi connectivity index (χ4n) is 2.27. The zero-order valence-corrected chi connectivity index (χ0v) is 12.2. The molecular weight excluding hydrogens is 305 g/mol. The number of nitrogens with zero attached hydrogens (tertiary/aromatic N) is 3. The lowest BCUT2D eigenvalue weighted by Crippen LogP contribution is -2.09. The summed E-state index contributed by atoms with van der Waals surface area (Å²) in [7, 11) is 1.80. The lowest BCUT2D eigenvalue weighted by atomic mass is 10.1. The predicted molar refractivity (Wildman–Crippen MR) is 83.4 cm³/mol. The van der Waals surface area contributed by atoms with Gasteiger partial charge in [-0.3, -0.25) is 0 Å². The molecule has 0 aliphatic carbocycles. The molecule has 3 aromatic rings. The maximum atomic E-state index is 12.9. The van der Waals surface area contributed by atoms with Crippen LogP contribution >= 0.6 is 0 Å². The summed E-state index contributed by atoms with van der Waals surface area (Å²) in [6.45, 7) is 0. The molecule has 0 fully saturated rings. The summed E-state index contributed by atoms with van der Waals surface area (Å²) in [5.41, 5.74) is 3.63. The van der Waals surface area contributed by atoms with Crippen LogP contribution in [0.25, 0.3) is 11.0 Å². The number of fused-ring (bicyclic) bond motifs is 1. The Morgan fingerprint density at radius 2 is 1.78 bits per heavy atom. The van der Waals surface area contributed by atoms with E-state index in [0.29, 0.717) is 5.95 Å². The summed E-state index contributed by atoms with van der Waals surface area (Å²) in [5.74, 6) is 0.451. The van der Waals surface area contributed by atoms with Crippen molar-refractivity contribution in [3.8, 4) is 0 Å². The van der Waals surface area contributed by atoms with Gasteiger partial charge in [-0.25, -0.2) is 10.4 Å². The number of hydrazone groups is 1. The van der Waals surface area contributed by atoms with E-state index >= 15 is 0 Å². The van der Waals surface area contributed by atoms with E-state index < -0.39 is 11.7 Å². The predicted octanol–water partition coefficient (Wildman–Crippen LogP) is 4.04. The molecule has 3 rings (SSSR count). The Morgan fingerprint density at radius 3 is 2.52 bits per heavy atom. The Morgan fingerprint density at radius 1 is 1.09 bits per heavy atom. The Kier molecular flexibility index (Phi) is 3.77. The first-order valence-electron chi connectivity index (χ1n) is 6.83. The molecule has 1 aromatic heterocycles. The fraction of sp³-hybridized carbons (Fsp3) is 0.125. The molecule has 0 saturated heterocycles. The number of imidazole rings is 1. The molecule has 7 heteroatoms. The third-order valence-corrected chi connectivity index (χ3v) is 3.42. The molecule has 0 radical (unpaired) electrons. The first-order chi connectivity index (χ1) is 11.0. The SMILES string of the molecule is Cn1c(N/N=C/c2ccccc2C(F)(F)F)nc2ccccc21. The van der Waals surface area contributed by atoms with Crippen LogP contribution in [0.4, 0.5) is 19.1 Å². The largest absolute Gasteiger partial charge is 0.417 e. The van der Waals surface area contributed by atoms with Gasteiger partial charge in [-0.1, -0.05) is 30.3 Å². The molecule has 0 saturated carbocycles. The number of hydrogen-bond acceptors (Lipinski definition) is 3. The van der Waals surface area contributed by atoms with Crippen molar-refractivity contribution in [1.29, 1.82) is 0 Å². The second-order valence-corrected chi connectivity index (χ2v) is 4.94. The van der Waals surface area contributed by atoms with E-state index in [-0.39, 0.29) is 5.56 Å². The number of alkyl halides is 3. The maximum absolute atomic E-state index is 12.9. The van der Waals surface area contributed by atoms with Crippen molar-refractivity contribution in [3.63, 3.8) is 0 Å². The van der Waals surface area contributed by atoms with Gasteiger partial charge in [0.25, 0.3) is 0 Å². The maximum Gasteiger partial charge on any atom is 0.417 e. The summed E-state index contributed by atoms with van der Waals surface area (Å²) in [4.78, 5) is 4.33. The van der Waals surface area contributed by atoms with Gasteiger partial charge in [0.2, 0.25) is 5.95 Å². The van der Waals surface area contributed by atoms with Crippen LogP contribution in [0.2, 0.25) is 0 Å². The number of aryl methyl sites for hydroxylation is 1. The van der Waals surface area contributed by atoms with Crippen molar-refractivity contribution in [2.75, 3.05) is 5.43 Å². The van der Waals surface area contributed by atoms with E-state index in [1.54, 1.807) is 11.6 Å². The molecular formula is C16H13F3N4. The van der Waals surface area contributed by atoms with Crippen LogP contribution in [0.5, 0.6) is 0 Å². The second-order valence-electron chi connectivity index (χ2n) is 4.94. The molecule has 1 N–H and O–H groups in total. The fourth-order valence-corrected chi connectivity index (χ4v) is 2.27. The summed E-state index contributed by atoms with van der Waals surface area (Å²) in [5, 5.41) is 3.88.